The van der Waals surface area contributed by atoms with E-state index < -0.39 is 0 Å². The van der Waals surface area contributed by atoms with Crippen molar-refractivity contribution in [3.05, 3.63) is 29.8 Å². The minimum atomic E-state index is 0.0724. The summed E-state index contributed by atoms with van der Waals surface area (Å²) < 4.78 is 5.81. The maximum atomic E-state index is 12.1. The predicted molar refractivity (Wildman–Crippen MR) is 92.7 cm³/mol. The second kappa shape index (κ2) is 7.03. The number of anilines is 1. The summed E-state index contributed by atoms with van der Waals surface area (Å²) in [7, 11) is 0. The van der Waals surface area contributed by atoms with Crippen LogP contribution in [0.15, 0.2) is 28.7 Å². The SMILES string of the molecule is Cc1ccc(-c2nnc(N3CCC(C(=O)NC(C)C)CC3)o2)cc1. The van der Waals surface area contributed by atoms with Gasteiger partial charge in [-0.05, 0) is 45.7 Å². The van der Waals surface area contributed by atoms with Gasteiger partial charge < -0.3 is 14.6 Å². The van der Waals surface area contributed by atoms with Crippen LogP contribution >= 0.6 is 0 Å². The summed E-state index contributed by atoms with van der Waals surface area (Å²) >= 11 is 0. The van der Waals surface area contributed by atoms with Gasteiger partial charge in [0.25, 0.3) is 0 Å². The molecule has 1 aliphatic heterocycles. The smallest absolute Gasteiger partial charge is 0.318 e. The summed E-state index contributed by atoms with van der Waals surface area (Å²) in [5, 5.41) is 11.3. The number of aryl methyl sites for hydroxylation is 1. The highest BCUT2D eigenvalue weighted by Gasteiger charge is 2.27. The lowest BCUT2D eigenvalue weighted by molar-refractivity contribution is -0.126. The van der Waals surface area contributed by atoms with Crippen LogP contribution in [0.4, 0.5) is 6.01 Å². The van der Waals surface area contributed by atoms with Crippen molar-refractivity contribution in [2.45, 2.75) is 39.7 Å². The molecule has 1 aliphatic rings. The molecule has 1 aromatic heterocycles. The van der Waals surface area contributed by atoms with Gasteiger partial charge in [-0.3, -0.25) is 4.79 Å². The van der Waals surface area contributed by atoms with Gasteiger partial charge in [0.05, 0.1) is 0 Å². The molecule has 3 rings (SSSR count). The van der Waals surface area contributed by atoms with E-state index in [9.17, 15) is 4.79 Å². The average Bonchev–Trinajstić information content (AvgIpc) is 3.05. The van der Waals surface area contributed by atoms with E-state index in [4.69, 9.17) is 4.42 Å². The molecular formula is C18H24N4O2. The Labute approximate surface area is 142 Å². The molecule has 1 N–H and O–H groups in total. The number of benzene rings is 1. The van der Waals surface area contributed by atoms with Crippen molar-refractivity contribution in [2.75, 3.05) is 18.0 Å². The summed E-state index contributed by atoms with van der Waals surface area (Å²) in [6, 6.07) is 8.73. The number of amides is 1. The minimum absolute atomic E-state index is 0.0724. The maximum Gasteiger partial charge on any atom is 0.318 e. The number of hydrogen-bond acceptors (Lipinski definition) is 5. The molecule has 6 nitrogen and oxygen atoms in total. The van der Waals surface area contributed by atoms with Crippen molar-refractivity contribution < 1.29 is 9.21 Å². The topological polar surface area (TPSA) is 71.3 Å². The largest absolute Gasteiger partial charge is 0.403 e. The molecule has 1 aromatic carbocycles. The first-order valence-corrected chi connectivity index (χ1v) is 8.49. The van der Waals surface area contributed by atoms with Crippen LogP contribution in [-0.4, -0.2) is 35.2 Å². The molecule has 0 atom stereocenters. The number of piperidine rings is 1. The second-order valence-corrected chi connectivity index (χ2v) is 6.68. The zero-order valence-electron chi connectivity index (χ0n) is 14.5. The molecule has 1 saturated heterocycles. The molecule has 2 aromatic rings. The Morgan fingerprint density at radius 1 is 1.21 bits per heavy atom. The summed E-state index contributed by atoms with van der Waals surface area (Å²) in [4.78, 5) is 14.1. The highest BCUT2D eigenvalue weighted by Crippen LogP contribution is 2.26. The van der Waals surface area contributed by atoms with Gasteiger partial charge in [0, 0.05) is 30.6 Å². The number of carbonyl (C=O) groups excluding carboxylic acids is 1. The molecule has 1 fully saturated rings. The van der Waals surface area contributed by atoms with Crippen LogP contribution in [-0.2, 0) is 4.79 Å². The predicted octanol–water partition coefficient (Wildman–Crippen LogP) is 2.79. The first kappa shape index (κ1) is 16.5. The Balaban J connectivity index is 1.61. The lowest BCUT2D eigenvalue weighted by atomic mass is 9.96. The molecule has 0 radical (unpaired) electrons. The molecule has 0 bridgehead atoms. The standard InChI is InChI=1S/C18H24N4O2/c1-12(2)19-16(23)14-8-10-22(11-9-14)18-21-20-17(24-18)15-6-4-13(3)5-7-15/h4-7,12,14H,8-11H2,1-3H3,(H,19,23). The Bertz CT molecular complexity index is 685. The fraction of sp³-hybridized carbons (Fsp3) is 0.500. The van der Waals surface area contributed by atoms with Crippen LogP contribution in [0.25, 0.3) is 11.5 Å². The van der Waals surface area contributed by atoms with Crippen LogP contribution in [0.3, 0.4) is 0 Å². The van der Waals surface area contributed by atoms with E-state index in [-0.39, 0.29) is 17.9 Å². The normalized spacial score (nSPS) is 15.8. The molecule has 0 unspecified atom stereocenters. The second-order valence-electron chi connectivity index (χ2n) is 6.68. The molecule has 0 saturated carbocycles. The van der Waals surface area contributed by atoms with Gasteiger partial charge >= 0.3 is 6.01 Å². The van der Waals surface area contributed by atoms with Crippen LogP contribution in [0, 0.1) is 12.8 Å². The Kier molecular flexibility index (Phi) is 4.83. The molecule has 0 spiro atoms. The molecule has 0 aliphatic carbocycles. The highest BCUT2D eigenvalue weighted by molar-refractivity contribution is 5.79. The number of nitrogens with zero attached hydrogens (tertiary/aromatic N) is 3. The van der Waals surface area contributed by atoms with Gasteiger partial charge in [-0.25, -0.2) is 0 Å². The summed E-state index contributed by atoms with van der Waals surface area (Å²) in [6.07, 6.45) is 1.61. The van der Waals surface area contributed by atoms with Gasteiger partial charge in [-0.1, -0.05) is 22.8 Å². The number of rotatable bonds is 4. The summed E-state index contributed by atoms with van der Waals surface area (Å²) in [5.74, 6) is 0.753. The van der Waals surface area contributed by atoms with Gasteiger partial charge in [-0.2, -0.15) is 0 Å². The average molecular weight is 328 g/mol. The fourth-order valence-electron chi connectivity index (χ4n) is 2.89. The van der Waals surface area contributed by atoms with Crippen molar-refractivity contribution in [3.63, 3.8) is 0 Å². The number of hydrogen-bond donors (Lipinski definition) is 1. The fourth-order valence-corrected chi connectivity index (χ4v) is 2.89. The first-order chi connectivity index (χ1) is 11.5. The van der Waals surface area contributed by atoms with E-state index in [0.717, 1.165) is 31.5 Å². The Hall–Kier alpha value is -2.37. The molecular weight excluding hydrogens is 304 g/mol. The lowest BCUT2D eigenvalue weighted by Crippen LogP contribution is -2.42. The Morgan fingerprint density at radius 2 is 1.88 bits per heavy atom. The molecule has 1 amide bonds. The summed E-state index contributed by atoms with van der Waals surface area (Å²) in [5.41, 5.74) is 2.12. The third kappa shape index (κ3) is 3.75. The van der Waals surface area contributed by atoms with Gasteiger partial charge in [0.1, 0.15) is 0 Å². The highest BCUT2D eigenvalue weighted by atomic mass is 16.4. The van der Waals surface area contributed by atoms with E-state index >= 15 is 0 Å². The van der Waals surface area contributed by atoms with Crippen molar-refractivity contribution in [1.29, 1.82) is 0 Å². The van der Waals surface area contributed by atoms with Crippen LogP contribution < -0.4 is 10.2 Å². The van der Waals surface area contributed by atoms with Crippen LogP contribution in [0.1, 0.15) is 32.3 Å². The first-order valence-electron chi connectivity index (χ1n) is 8.49. The monoisotopic (exact) mass is 328 g/mol. The van der Waals surface area contributed by atoms with Gasteiger partial charge in [0.2, 0.25) is 11.8 Å². The van der Waals surface area contributed by atoms with Crippen LogP contribution in [0.5, 0.6) is 0 Å². The van der Waals surface area contributed by atoms with Gasteiger partial charge in [-0.15, -0.1) is 5.10 Å². The molecule has 24 heavy (non-hydrogen) atoms. The van der Waals surface area contributed by atoms with Gasteiger partial charge in [0.15, 0.2) is 0 Å². The van der Waals surface area contributed by atoms with Crippen molar-refractivity contribution in [2.24, 2.45) is 5.92 Å². The lowest BCUT2D eigenvalue weighted by Gasteiger charge is -2.30. The summed E-state index contributed by atoms with van der Waals surface area (Å²) in [6.45, 7) is 7.52. The molecule has 6 heteroatoms. The van der Waals surface area contributed by atoms with E-state index in [1.807, 2.05) is 45.0 Å². The quantitative estimate of drug-likeness (QED) is 0.934. The van der Waals surface area contributed by atoms with E-state index in [0.29, 0.717) is 11.9 Å². The van der Waals surface area contributed by atoms with Crippen molar-refractivity contribution >= 4 is 11.9 Å². The zero-order chi connectivity index (χ0) is 17.1. The van der Waals surface area contributed by atoms with E-state index in [1.165, 1.54) is 5.56 Å². The number of nitrogens with one attached hydrogen (secondary N) is 1. The minimum Gasteiger partial charge on any atom is -0.403 e. The third-order valence-electron chi connectivity index (χ3n) is 4.28. The van der Waals surface area contributed by atoms with E-state index in [1.54, 1.807) is 0 Å². The molecule has 128 valence electrons. The maximum absolute atomic E-state index is 12.1. The Morgan fingerprint density at radius 3 is 2.50 bits per heavy atom. The van der Waals surface area contributed by atoms with Crippen LogP contribution in [0.2, 0.25) is 0 Å². The number of carbonyl (C=O) groups is 1. The number of aromatic nitrogens is 2. The molecule has 2 heterocycles. The van der Waals surface area contributed by atoms with E-state index in [2.05, 4.69) is 20.4 Å². The zero-order valence-corrected chi connectivity index (χ0v) is 14.5. The van der Waals surface area contributed by atoms with Crippen molar-refractivity contribution in [1.82, 2.24) is 15.5 Å². The third-order valence-corrected chi connectivity index (χ3v) is 4.28. The van der Waals surface area contributed by atoms with Crippen molar-refractivity contribution in [3.8, 4) is 11.5 Å².